The molecule has 2 aliphatic rings. The number of ether oxygens (including phenoxy) is 2. The second-order valence-corrected chi connectivity index (χ2v) is 10.3. The van der Waals surface area contributed by atoms with E-state index in [0.29, 0.717) is 54.5 Å². The number of hydrogen-bond acceptors (Lipinski definition) is 6. The van der Waals surface area contributed by atoms with Gasteiger partial charge in [0.05, 0.1) is 17.2 Å². The molecule has 192 valence electrons. The van der Waals surface area contributed by atoms with Crippen LogP contribution in [0.3, 0.4) is 0 Å². The maximum atomic E-state index is 12.9. The Kier molecular flexibility index (Phi) is 7.76. The molecule has 0 fully saturated rings. The van der Waals surface area contributed by atoms with Gasteiger partial charge in [0, 0.05) is 21.2 Å². The summed E-state index contributed by atoms with van der Waals surface area (Å²) in [5.74, 6) is 0.391. The predicted octanol–water partition coefficient (Wildman–Crippen LogP) is 7.29. The van der Waals surface area contributed by atoms with Gasteiger partial charge in [-0.2, -0.15) is 15.1 Å². The molecule has 0 saturated heterocycles. The van der Waals surface area contributed by atoms with Crippen molar-refractivity contribution >= 4 is 74.6 Å². The molecule has 0 atom stereocenters. The molecular formula is C27H19Cl3N4O3S. The predicted molar refractivity (Wildman–Crippen MR) is 154 cm³/mol. The highest BCUT2D eigenvalue weighted by Gasteiger charge is 2.36. The fourth-order valence-electron chi connectivity index (χ4n) is 3.70. The molecule has 0 unspecified atom stereocenters. The van der Waals surface area contributed by atoms with Crippen molar-refractivity contribution in [3.8, 4) is 11.5 Å². The average Bonchev–Trinajstić information content (AvgIpc) is 3.31. The molecule has 0 saturated carbocycles. The van der Waals surface area contributed by atoms with Gasteiger partial charge >= 0.3 is 0 Å². The van der Waals surface area contributed by atoms with Crippen LogP contribution in [0.25, 0.3) is 6.08 Å². The van der Waals surface area contributed by atoms with Crippen LogP contribution in [-0.4, -0.2) is 33.6 Å². The first-order valence-corrected chi connectivity index (χ1v) is 13.4. The van der Waals surface area contributed by atoms with Crippen molar-refractivity contribution in [1.82, 2.24) is 5.01 Å². The number of hydrazone groups is 1. The Hall–Kier alpha value is -3.30. The largest absolute Gasteiger partial charge is 0.490 e. The van der Waals surface area contributed by atoms with Crippen LogP contribution in [0.2, 0.25) is 15.1 Å². The first-order valence-electron chi connectivity index (χ1n) is 11.4. The summed E-state index contributed by atoms with van der Waals surface area (Å²) in [6.45, 7) is 2.49. The Bertz CT molecular complexity index is 1550. The van der Waals surface area contributed by atoms with Crippen LogP contribution in [0.1, 0.15) is 23.6 Å². The number of halogens is 3. The standard InChI is InChI=1S/C27H19Cl3N4O3S/c1-2-36-23-12-15(7-10-22(23)37-14-16-8-9-17(28)13-21(16)30)11-19-24(31)34-27(32-25(19)35)38-26(33-34)18-5-3-4-6-20(18)29/h3-13,31H,2,14H2,1H3/b19-11-,31-24?. The number of fused-ring (bicyclic) bond motifs is 1. The maximum absolute atomic E-state index is 12.9. The van der Waals surface area contributed by atoms with E-state index in [0.717, 1.165) is 5.56 Å². The topological polar surface area (TPSA) is 87.3 Å². The number of amides is 1. The van der Waals surface area contributed by atoms with Crippen LogP contribution in [0, 0.1) is 5.41 Å². The summed E-state index contributed by atoms with van der Waals surface area (Å²) in [5.41, 5.74) is 2.22. The Morgan fingerprint density at radius 1 is 1.00 bits per heavy atom. The van der Waals surface area contributed by atoms with Crippen LogP contribution in [0.15, 0.2) is 76.3 Å². The van der Waals surface area contributed by atoms with E-state index in [1.165, 1.54) is 16.8 Å². The van der Waals surface area contributed by atoms with Crippen molar-refractivity contribution in [3.63, 3.8) is 0 Å². The van der Waals surface area contributed by atoms with Crippen molar-refractivity contribution in [1.29, 1.82) is 5.41 Å². The number of nitrogens with zero attached hydrogens (tertiary/aromatic N) is 3. The number of thioether (sulfide) groups is 1. The van der Waals surface area contributed by atoms with Gasteiger partial charge in [0.2, 0.25) is 5.17 Å². The summed E-state index contributed by atoms with van der Waals surface area (Å²) < 4.78 is 11.7. The van der Waals surface area contributed by atoms with E-state index >= 15 is 0 Å². The Morgan fingerprint density at radius 3 is 2.58 bits per heavy atom. The van der Waals surface area contributed by atoms with Gasteiger partial charge in [0.1, 0.15) is 11.7 Å². The summed E-state index contributed by atoms with van der Waals surface area (Å²) in [6.07, 6.45) is 1.58. The molecule has 2 aliphatic heterocycles. The molecule has 2 heterocycles. The Labute approximate surface area is 238 Å². The minimum absolute atomic E-state index is 0.0785. The molecule has 5 rings (SSSR count). The van der Waals surface area contributed by atoms with E-state index in [4.69, 9.17) is 49.7 Å². The summed E-state index contributed by atoms with van der Waals surface area (Å²) >= 11 is 19.7. The molecular weight excluding hydrogens is 567 g/mol. The number of carbonyl (C=O) groups excluding carboxylic acids is 1. The monoisotopic (exact) mass is 584 g/mol. The third-order valence-corrected chi connectivity index (χ3v) is 7.39. The number of benzene rings is 3. The smallest absolute Gasteiger partial charge is 0.283 e. The Morgan fingerprint density at radius 2 is 1.82 bits per heavy atom. The van der Waals surface area contributed by atoms with Crippen molar-refractivity contribution < 1.29 is 14.3 Å². The van der Waals surface area contributed by atoms with E-state index in [9.17, 15) is 4.79 Å². The number of rotatable bonds is 7. The minimum atomic E-state index is -0.528. The van der Waals surface area contributed by atoms with Gasteiger partial charge in [-0.3, -0.25) is 10.2 Å². The summed E-state index contributed by atoms with van der Waals surface area (Å²) in [6, 6.07) is 17.7. The number of amidine groups is 2. The summed E-state index contributed by atoms with van der Waals surface area (Å²) in [7, 11) is 0. The molecule has 1 N–H and O–H groups in total. The maximum Gasteiger partial charge on any atom is 0.283 e. The van der Waals surface area contributed by atoms with E-state index in [2.05, 4.69) is 10.1 Å². The zero-order valence-electron chi connectivity index (χ0n) is 19.9. The minimum Gasteiger partial charge on any atom is -0.490 e. The SMILES string of the molecule is CCOc1cc(/C=C2/C(=N)N3N=C(c4ccccc4Cl)SC3=NC2=O)ccc1OCc1ccc(Cl)cc1Cl. The van der Waals surface area contributed by atoms with E-state index < -0.39 is 5.91 Å². The highest BCUT2D eigenvalue weighted by Crippen LogP contribution is 2.35. The first kappa shape index (κ1) is 26.3. The highest BCUT2D eigenvalue weighted by atomic mass is 35.5. The normalized spacial score (nSPS) is 15.9. The lowest BCUT2D eigenvalue weighted by atomic mass is 10.1. The van der Waals surface area contributed by atoms with Crippen LogP contribution in [0.5, 0.6) is 11.5 Å². The zero-order valence-corrected chi connectivity index (χ0v) is 23.0. The number of carbonyl (C=O) groups is 1. The fourth-order valence-corrected chi connectivity index (χ4v) is 5.37. The van der Waals surface area contributed by atoms with Crippen LogP contribution in [0.4, 0.5) is 0 Å². The lowest BCUT2D eigenvalue weighted by Gasteiger charge is -2.20. The van der Waals surface area contributed by atoms with Crippen molar-refractivity contribution in [2.45, 2.75) is 13.5 Å². The highest BCUT2D eigenvalue weighted by molar-refractivity contribution is 8.27. The molecule has 0 aliphatic carbocycles. The molecule has 7 nitrogen and oxygen atoms in total. The number of aliphatic imine (C=N–C) groups is 1. The van der Waals surface area contributed by atoms with Gasteiger partial charge in [0.15, 0.2) is 17.3 Å². The summed E-state index contributed by atoms with van der Waals surface area (Å²) in [5, 5.41) is 16.9. The second kappa shape index (κ2) is 11.2. The quantitative estimate of drug-likeness (QED) is 0.294. The second-order valence-electron chi connectivity index (χ2n) is 8.07. The Balaban J connectivity index is 1.40. The van der Waals surface area contributed by atoms with Crippen molar-refractivity contribution in [2.24, 2.45) is 10.1 Å². The average molecular weight is 586 g/mol. The molecule has 0 bridgehead atoms. The number of nitrogens with one attached hydrogen (secondary N) is 1. The van der Waals surface area contributed by atoms with Gasteiger partial charge in [-0.15, -0.1) is 0 Å². The van der Waals surface area contributed by atoms with Crippen LogP contribution >= 0.6 is 46.6 Å². The van der Waals surface area contributed by atoms with E-state index in [1.807, 2.05) is 25.1 Å². The lowest BCUT2D eigenvalue weighted by Crippen LogP contribution is -2.35. The van der Waals surface area contributed by atoms with E-state index in [1.54, 1.807) is 48.5 Å². The van der Waals surface area contributed by atoms with Gasteiger partial charge in [-0.1, -0.05) is 65.1 Å². The number of hydrogen-bond donors (Lipinski definition) is 1. The molecule has 3 aromatic rings. The van der Waals surface area contributed by atoms with Crippen molar-refractivity contribution in [3.05, 3.63) is 98.0 Å². The third kappa shape index (κ3) is 5.44. The van der Waals surface area contributed by atoms with Gasteiger partial charge < -0.3 is 9.47 Å². The zero-order chi connectivity index (χ0) is 26.8. The van der Waals surface area contributed by atoms with Gasteiger partial charge in [-0.05, 0) is 60.7 Å². The molecule has 1 amide bonds. The van der Waals surface area contributed by atoms with Gasteiger partial charge in [-0.25, -0.2) is 0 Å². The van der Waals surface area contributed by atoms with Crippen molar-refractivity contribution in [2.75, 3.05) is 6.61 Å². The van der Waals surface area contributed by atoms with Crippen LogP contribution < -0.4 is 9.47 Å². The van der Waals surface area contributed by atoms with Crippen LogP contribution in [-0.2, 0) is 11.4 Å². The third-order valence-electron chi connectivity index (χ3n) is 5.54. The molecule has 0 spiro atoms. The first-order chi connectivity index (χ1) is 18.3. The molecule has 3 aromatic carbocycles. The lowest BCUT2D eigenvalue weighted by molar-refractivity contribution is -0.114. The summed E-state index contributed by atoms with van der Waals surface area (Å²) in [4.78, 5) is 17.0. The fraction of sp³-hybridized carbons (Fsp3) is 0.111. The molecule has 11 heteroatoms. The van der Waals surface area contributed by atoms with E-state index in [-0.39, 0.29) is 18.0 Å². The molecule has 38 heavy (non-hydrogen) atoms. The molecule has 0 radical (unpaired) electrons. The van der Waals surface area contributed by atoms with Gasteiger partial charge in [0.25, 0.3) is 5.91 Å². The molecule has 0 aromatic heterocycles.